The van der Waals surface area contributed by atoms with Gasteiger partial charge in [0.05, 0.1) is 0 Å². The zero-order valence-corrected chi connectivity index (χ0v) is 35.6. The van der Waals surface area contributed by atoms with Crippen LogP contribution in [0.3, 0.4) is 0 Å². The molecule has 0 aliphatic rings. The van der Waals surface area contributed by atoms with Gasteiger partial charge < -0.3 is 0 Å². The smallest absolute Gasteiger partial charge is 0.114 e. The lowest BCUT2D eigenvalue weighted by molar-refractivity contribution is 1.04. The molecular formula is C56H46Si2. The van der Waals surface area contributed by atoms with Crippen LogP contribution in [0.25, 0.3) is 43.1 Å². The van der Waals surface area contributed by atoms with Crippen molar-refractivity contribution < 1.29 is 0 Å². The molecule has 0 atom stereocenters. The lowest BCUT2D eigenvalue weighted by Crippen LogP contribution is -2.59. The maximum absolute atomic E-state index is 4.16. The molecule has 0 aromatic heterocycles. The van der Waals surface area contributed by atoms with Gasteiger partial charge in [0.15, 0.2) is 0 Å². The topological polar surface area (TPSA) is 0 Å². The number of benzene rings is 9. The van der Waals surface area contributed by atoms with Gasteiger partial charge in [-0.2, -0.15) is 0 Å². The van der Waals surface area contributed by atoms with Crippen molar-refractivity contribution >= 4 is 80.0 Å². The Labute approximate surface area is 345 Å². The lowest BCUT2D eigenvalue weighted by Gasteiger charge is -2.31. The minimum Gasteiger partial charge on any atom is -0.114 e. The molecule has 0 bridgehead atoms. The van der Waals surface area contributed by atoms with E-state index < -0.39 is 16.1 Å². The van der Waals surface area contributed by atoms with Crippen LogP contribution in [0, 0.1) is 22.9 Å². The quantitative estimate of drug-likeness (QED) is 0.0897. The molecule has 278 valence electrons. The Hall–Kier alpha value is -6.43. The molecule has 0 unspecified atom stereocenters. The Balaban J connectivity index is 1.43. The number of fused-ring (bicyclic) bond motifs is 4. The molecule has 2 heteroatoms. The van der Waals surface area contributed by atoms with Crippen LogP contribution in [0.5, 0.6) is 0 Å². The predicted molar refractivity (Wildman–Crippen MR) is 256 cm³/mol. The van der Waals surface area contributed by atoms with Crippen LogP contribution >= 0.6 is 0 Å². The van der Waals surface area contributed by atoms with Gasteiger partial charge in [0.2, 0.25) is 16.1 Å². The molecule has 0 heterocycles. The van der Waals surface area contributed by atoms with E-state index in [-0.39, 0.29) is 0 Å². The van der Waals surface area contributed by atoms with E-state index in [1.54, 1.807) is 0 Å². The molecule has 0 N–H and O–H groups in total. The zero-order valence-electron chi connectivity index (χ0n) is 33.6. The van der Waals surface area contributed by atoms with Crippen LogP contribution in [0.1, 0.15) is 38.8 Å². The van der Waals surface area contributed by atoms with Crippen LogP contribution in [0.4, 0.5) is 0 Å². The van der Waals surface area contributed by atoms with Crippen LogP contribution in [0.2, 0.25) is 11.1 Å². The van der Waals surface area contributed by atoms with Crippen LogP contribution in [-0.2, 0) is 0 Å². The van der Waals surface area contributed by atoms with E-state index in [1.165, 1.54) is 42.3 Å². The summed E-state index contributed by atoms with van der Waals surface area (Å²) in [6.07, 6.45) is 0. The Kier molecular flexibility index (Phi) is 9.93. The fourth-order valence-electron chi connectivity index (χ4n) is 9.24. The third-order valence-corrected chi connectivity index (χ3v) is 21.7. The number of hydrogen-bond donors (Lipinski definition) is 0. The summed E-state index contributed by atoms with van der Waals surface area (Å²) < 4.78 is 0. The molecule has 9 rings (SSSR count). The summed E-state index contributed by atoms with van der Waals surface area (Å²) in [4.78, 5) is 0. The van der Waals surface area contributed by atoms with Crippen molar-refractivity contribution in [2.45, 2.75) is 38.8 Å². The van der Waals surface area contributed by atoms with Crippen LogP contribution in [0.15, 0.2) is 194 Å². The average Bonchev–Trinajstić information content (AvgIpc) is 3.27. The van der Waals surface area contributed by atoms with Gasteiger partial charge in [-0.05, 0) is 99.2 Å². The van der Waals surface area contributed by atoms with Gasteiger partial charge >= 0.3 is 0 Å². The van der Waals surface area contributed by atoms with E-state index >= 15 is 0 Å². The lowest BCUT2D eigenvalue weighted by atomic mass is 9.89. The highest BCUT2D eigenvalue weighted by Gasteiger charge is 2.40. The van der Waals surface area contributed by atoms with Crippen LogP contribution in [-0.4, -0.2) is 16.1 Å². The van der Waals surface area contributed by atoms with Crippen molar-refractivity contribution in [3.05, 3.63) is 205 Å². The molecule has 0 saturated carbocycles. The highest BCUT2D eigenvalue weighted by atomic mass is 28.3. The van der Waals surface area contributed by atoms with E-state index in [0.29, 0.717) is 11.1 Å². The van der Waals surface area contributed by atoms with Crippen LogP contribution < -0.4 is 20.7 Å². The van der Waals surface area contributed by atoms with Crippen molar-refractivity contribution in [3.8, 4) is 22.9 Å². The monoisotopic (exact) mass is 774 g/mol. The second kappa shape index (κ2) is 15.5. The molecule has 58 heavy (non-hydrogen) atoms. The van der Waals surface area contributed by atoms with Gasteiger partial charge in [-0.15, -0.1) is 11.1 Å². The van der Waals surface area contributed by atoms with Gasteiger partial charge in [0.1, 0.15) is 0 Å². The summed E-state index contributed by atoms with van der Waals surface area (Å²) in [5, 5.41) is 14.8. The summed E-state index contributed by atoms with van der Waals surface area (Å²) in [7, 11) is -5.23. The zero-order chi connectivity index (χ0) is 39.7. The predicted octanol–water partition coefficient (Wildman–Crippen LogP) is 11.4. The van der Waals surface area contributed by atoms with Gasteiger partial charge in [-0.1, -0.05) is 209 Å². The molecule has 0 radical (unpaired) electrons. The van der Waals surface area contributed by atoms with E-state index in [4.69, 9.17) is 0 Å². The molecule has 0 fully saturated rings. The van der Waals surface area contributed by atoms with Crippen molar-refractivity contribution in [1.29, 1.82) is 0 Å². The highest BCUT2D eigenvalue weighted by Crippen LogP contribution is 2.38. The summed E-state index contributed by atoms with van der Waals surface area (Å²) in [5.41, 5.74) is 11.1. The van der Waals surface area contributed by atoms with Crippen molar-refractivity contribution in [1.82, 2.24) is 0 Å². The third-order valence-electron chi connectivity index (χ3n) is 12.3. The average molecular weight is 775 g/mol. The Morgan fingerprint density at radius 2 is 0.534 bits per heavy atom. The fraction of sp³-hybridized carbons (Fsp3) is 0.107. The normalized spacial score (nSPS) is 11.8. The SMILES string of the molecule is CC(C)[Si](C#Cc1c2cc3ccccc3cc2c(C#C[Si](c2ccccc2)(c2ccccc2)C(C)C)c2cc3ccccc3cc12)(c1ccccc1)c1ccccc1. The minimum absolute atomic E-state index is 0.333. The van der Waals surface area contributed by atoms with E-state index in [0.717, 1.165) is 32.7 Å². The molecular weight excluding hydrogens is 729 g/mol. The molecule has 0 spiro atoms. The molecule has 9 aromatic rings. The molecule has 0 saturated heterocycles. The van der Waals surface area contributed by atoms with E-state index in [2.05, 4.69) is 245 Å². The van der Waals surface area contributed by atoms with Gasteiger partial charge in [0, 0.05) is 11.1 Å². The first-order valence-electron chi connectivity index (χ1n) is 20.5. The van der Waals surface area contributed by atoms with Gasteiger partial charge in [-0.3, -0.25) is 0 Å². The minimum atomic E-state index is -2.61. The van der Waals surface area contributed by atoms with Gasteiger partial charge in [0.25, 0.3) is 0 Å². The largest absolute Gasteiger partial charge is 0.202 e. The molecule has 0 aliphatic heterocycles. The summed E-state index contributed by atoms with van der Waals surface area (Å²) in [5.74, 6) is 8.04. The summed E-state index contributed by atoms with van der Waals surface area (Å²) in [6, 6.07) is 71.2. The first-order valence-corrected chi connectivity index (χ1v) is 24.6. The Morgan fingerprint density at radius 3 is 0.759 bits per heavy atom. The Bertz CT molecular complexity index is 2670. The second-order valence-electron chi connectivity index (χ2n) is 16.1. The summed E-state index contributed by atoms with van der Waals surface area (Å²) >= 11 is 0. The highest BCUT2D eigenvalue weighted by molar-refractivity contribution is 7.09. The number of rotatable bonds is 6. The fourth-order valence-corrected chi connectivity index (χ4v) is 17.2. The number of hydrogen-bond acceptors (Lipinski definition) is 0. The first-order chi connectivity index (χ1) is 28.4. The van der Waals surface area contributed by atoms with E-state index in [1.807, 2.05) is 0 Å². The molecule has 0 aliphatic carbocycles. The first kappa shape index (κ1) is 37.2. The maximum atomic E-state index is 4.16. The van der Waals surface area contributed by atoms with Crippen molar-refractivity contribution in [3.63, 3.8) is 0 Å². The van der Waals surface area contributed by atoms with Crippen molar-refractivity contribution in [2.24, 2.45) is 0 Å². The molecule has 0 amide bonds. The Morgan fingerprint density at radius 1 is 0.310 bits per heavy atom. The van der Waals surface area contributed by atoms with E-state index in [9.17, 15) is 0 Å². The maximum Gasteiger partial charge on any atom is 0.202 e. The molecule has 0 nitrogen and oxygen atoms in total. The summed E-state index contributed by atoms with van der Waals surface area (Å²) in [6.45, 7) is 9.45. The van der Waals surface area contributed by atoms with Gasteiger partial charge in [-0.25, -0.2) is 0 Å². The second-order valence-corrected chi connectivity index (χ2v) is 24.5. The third kappa shape index (κ3) is 6.36. The van der Waals surface area contributed by atoms with Crippen molar-refractivity contribution in [2.75, 3.05) is 0 Å². The molecule has 9 aromatic carbocycles. The standard InChI is InChI=1S/C56H46Si2/c1-41(2)57(47-25-9-5-10-26-47,48-27-11-6-12-28-48)35-33-51-53-37-43-21-17-19-23-45(43)39-55(53)52(56-40-46-24-20-18-22-44(46)38-54(51)56)34-36-58(42(3)4,49-29-13-7-14-30-49)50-31-15-8-16-32-50/h5-32,37-42H,1-4H3.